The molecular weight excluding hydrogens is 236 g/mol. The minimum Gasteiger partial charge on any atom is -0.494 e. The SMILES string of the molecule is CCCCOc1cccc(C(=O)NC(N)=S)c1. The van der Waals surface area contributed by atoms with Gasteiger partial charge in [0.05, 0.1) is 6.61 Å². The molecule has 1 rings (SSSR count). The number of unbranched alkanes of at least 4 members (excludes halogenated alkanes) is 1. The van der Waals surface area contributed by atoms with Gasteiger partial charge in [0.1, 0.15) is 5.75 Å². The van der Waals surface area contributed by atoms with E-state index in [9.17, 15) is 4.79 Å². The van der Waals surface area contributed by atoms with Crippen LogP contribution in [0.1, 0.15) is 30.1 Å². The number of ether oxygens (including phenoxy) is 1. The van der Waals surface area contributed by atoms with Crippen molar-refractivity contribution in [3.8, 4) is 5.75 Å². The molecule has 5 heteroatoms. The Morgan fingerprint density at radius 2 is 2.29 bits per heavy atom. The summed E-state index contributed by atoms with van der Waals surface area (Å²) in [5, 5.41) is 2.33. The van der Waals surface area contributed by atoms with Gasteiger partial charge in [-0.05, 0) is 36.8 Å². The molecule has 1 aromatic carbocycles. The monoisotopic (exact) mass is 252 g/mol. The summed E-state index contributed by atoms with van der Waals surface area (Å²) in [4.78, 5) is 11.6. The van der Waals surface area contributed by atoms with Crippen LogP contribution in [0.2, 0.25) is 0 Å². The first-order valence-corrected chi connectivity index (χ1v) is 5.88. The van der Waals surface area contributed by atoms with E-state index in [1.54, 1.807) is 18.2 Å². The first-order valence-electron chi connectivity index (χ1n) is 5.47. The van der Waals surface area contributed by atoms with Gasteiger partial charge in [-0.2, -0.15) is 0 Å². The standard InChI is InChI=1S/C12H16N2O2S/c1-2-3-7-16-10-6-4-5-9(8-10)11(15)14-12(13)17/h4-6,8H,2-3,7H2,1H3,(H3,13,14,15,17). The van der Waals surface area contributed by atoms with Gasteiger partial charge in [-0.25, -0.2) is 0 Å². The number of benzene rings is 1. The molecule has 0 spiro atoms. The zero-order chi connectivity index (χ0) is 12.7. The van der Waals surface area contributed by atoms with Gasteiger partial charge in [-0.3, -0.25) is 10.1 Å². The molecule has 0 aromatic heterocycles. The third kappa shape index (κ3) is 4.82. The molecule has 92 valence electrons. The smallest absolute Gasteiger partial charge is 0.257 e. The van der Waals surface area contributed by atoms with E-state index < -0.39 is 0 Å². The molecule has 0 aliphatic rings. The van der Waals surface area contributed by atoms with Crippen molar-refractivity contribution in [2.45, 2.75) is 19.8 Å². The molecular formula is C12H16N2O2S. The van der Waals surface area contributed by atoms with Crippen molar-refractivity contribution < 1.29 is 9.53 Å². The van der Waals surface area contributed by atoms with E-state index in [-0.39, 0.29) is 11.0 Å². The van der Waals surface area contributed by atoms with Gasteiger partial charge in [0.2, 0.25) is 0 Å². The lowest BCUT2D eigenvalue weighted by Gasteiger charge is -2.07. The van der Waals surface area contributed by atoms with E-state index in [0.29, 0.717) is 17.9 Å². The van der Waals surface area contributed by atoms with Crippen molar-refractivity contribution in [3.63, 3.8) is 0 Å². The first-order chi connectivity index (χ1) is 8.13. The van der Waals surface area contributed by atoms with Gasteiger partial charge in [-0.15, -0.1) is 0 Å². The maximum absolute atomic E-state index is 11.6. The molecule has 0 saturated carbocycles. The number of nitrogens with one attached hydrogen (secondary N) is 1. The highest BCUT2D eigenvalue weighted by atomic mass is 32.1. The highest BCUT2D eigenvalue weighted by molar-refractivity contribution is 7.80. The Balaban J connectivity index is 2.65. The Morgan fingerprint density at radius 3 is 2.94 bits per heavy atom. The summed E-state index contributed by atoms with van der Waals surface area (Å²) in [6, 6.07) is 6.92. The number of thiocarbonyl (C=S) groups is 1. The molecule has 0 saturated heterocycles. The quantitative estimate of drug-likeness (QED) is 0.620. The number of carbonyl (C=O) groups excluding carboxylic acids is 1. The summed E-state index contributed by atoms with van der Waals surface area (Å²) >= 11 is 4.60. The summed E-state index contributed by atoms with van der Waals surface area (Å²) in [7, 11) is 0. The Hall–Kier alpha value is -1.62. The Morgan fingerprint density at radius 1 is 1.53 bits per heavy atom. The number of nitrogens with two attached hydrogens (primary N) is 1. The maximum Gasteiger partial charge on any atom is 0.257 e. The van der Waals surface area contributed by atoms with Crippen LogP contribution in [0.3, 0.4) is 0 Å². The molecule has 4 nitrogen and oxygen atoms in total. The summed E-state index contributed by atoms with van der Waals surface area (Å²) < 4.78 is 5.50. The van der Waals surface area contributed by atoms with Crippen LogP contribution in [-0.2, 0) is 0 Å². The molecule has 1 amide bonds. The predicted octanol–water partition coefficient (Wildman–Crippen LogP) is 1.84. The highest BCUT2D eigenvalue weighted by Gasteiger charge is 2.06. The van der Waals surface area contributed by atoms with Crippen molar-refractivity contribution in [2.24, 2.45) is 5.73 Å². The van der Waals surface area contributed by atoms with Crippen molar-refractivity contribution in [2.75, 3.05) is 6.61 Å². The second kappa shape index (κ2) is 6.85. The average molecular weight is 252 g/mol. The van der Waals surface area contributed by atoms with Crippen LogP contribution in [0, 0.1) is 0 Å². The first kappa shape index (κ1) is 13.4. The fourth-order valence-corrected chi connectivity index (χ4v) is 1.34. The molecule has 0 fully saturated rings. The zero-order valence-electron chi connectivity index (χ0n) is 9.73. The second-order valence-corrected chi connectivity index (χ2v) is 3.99. The number of hydrogen-bond donors (Lipinski definition) is 2. The van der Waals surface area contributed by atoms with Gasteiger partial charge in [0, 0.05) is 5.56 Å². The third-order valence-electron chi connectivity index (χ3n) is 2.10. The predicted molar refractivity (Wildman–Crippen MR) is 71.1 cm³/mol. The van der Waals surface area contributed by atoms with Crippen LogP contribution in [0.4, 0.5) is 0 Å². The van der Waals surface area contributed by atoms with Gasteiger partial charge >= 0.3 is 0 Å². The van der Waals surface area contributed by atoms with E-state index in [2.05, 4.69) is 24.5 Å². The van der Waals surface area contributed by atoms with Crippen molar-refractivity contribution >= 4 is 23.2 Å². The molecule has 0 aliphatic heterocycles. The molecule has 0 radical (unpaired) electrons. The average Bonchev–Trinajstić information content (AvgIpc) is 2.29. The number of rotatable bonds is 5. The molecule has 0 bridgehead atoms. The summed E-state index contributed by atoms with van der Waals surface area (Å²) in [5.74, 6) is 0.354. The van der Waals surface area contributed by atoms with Crippen LogP contribution < -0.4 is 15.8 Å². The molecule has 0 unspecified atom stereocenters. The Labute approximate surface area is 106 Å². The van der Waals surface area contributed by atoms with Gasteiger partial charge in [0.25, 0.3) is 5.91 Å². The van der Waals surface area contributed by atoms with Crippen LogP contribution in [-0.4, -0.2) is 17.6 Å². The molecule has 17 heavy (non-hydrogen) atoms. The summed E-state index contributed by atoms with van der Waals surface area (Å²) in [5.41, 5.74) is 5.71. The lowest BCUT2D eigenvalue weighted by atomic mass is 10.2. The number of carbonyl (C=O) groups is 1. The Bertz CT molecular complexity index is 407. The van der Waals surface area contributed by atoms with Crippen molar-refractivity contribution in [1.82, 2.24) is 5.32 Å². The van der Waals surface area contributed by atoms with E-state index in [4.69, 9.17) is 10.5 Å². The fourth-order valence-electron chi connectivity index (χ4n) is 1.25. The number of amides is 1. The highest BCUT2D eigenvalue weighted by Crippen LogP contribution is 2.13. The van der Waals surface area contributed by atoms with Crippen LogP contribution in [0.5, 0.6) is 5.75 Å². The summed E-state index contributed by atoms with van der Waals surface area (Å²) in [6.45, 7) is 2.74. The lowest BCUT2D eigenvalue weighted by Crippen LogP contribution is -2.34. The Kier molecular flexibility index (Phi) is 5.42. The lowest BCUT2D eigenvalue weighted by molar-refractivity contribution is 0.0977. The van der Waals surface area contributed by atoms with Crippen molar-refractivity contribution in [1.29, 1.82) is 0 Å². The minimum atomic E-state index is -0.321. The largest absolute Gasteiger partial charge is 0.494 e. The van der Waals surface area contributed by atoms with E-state index in [1.165, 1.54) is 0 Å². The van der Waals surface area contributed by atoms with Gasteiger partial charge in [0.15, 0.2) is 5.11 Å². The molecule has 0 aliphatic carbocycles. The van der Waals surface area contributed by atoms with E-state index in [1.807, 2.05) is 6.07 Å². The molecule has 0 atom stereocenters. The van der Waals surface area contributed by atoms with E-state index >= 15 is 0 Å². The number of hydrogen-bond acceptors (Lipinski definition) is 3. The molecule has 1 aromatic rings. The minimum absolute atomic E-state index is 0.0349. The maximum atomic E-state index is 11.6. The van der Waals surface area contributed by atoms with Crippen LogP contribution in [0.15, 0.2) is 24.3 Å². The molecule has 0 heterocycles. The van der Waals surface area contributed by atoms with Crippen LogP contribution >= 0.6 is 12.2 Å². The second-order valence-electron chi connectivity index (χ2n) is 3.55. The molecule has 3 N–H and O–H groups in total. The normalized spacial score (nSPS) is 9.71. The third-order valence-corrected chi connectivity index (χ3v) is 2.20. The topological polar surface area (TPSA) is 64.3 Å². The fraction of sp³-hybridized carbons (Fsp3) is 0.333. The van der Waals surface area contributed by atoms with E-state index in [0.717, 1.165) is 12.8 Å². The zero-order valence-corrected chi connectivity index (χ0v) is 10.5. The summed E-state index contributed by atoms with van der Waals surface area (Å²) in [6.07, 6.45) is 2.06. The van der Waals surface area contributed by atoms with Crippen molar-refractivity contribution in [3.05, 3.63) is 29.8 Å². The van der Waals surface area contributed by atoms with Gasteiger partial charge in [-0.1, -0.05) is 19.4 Å². The van der Waals surface area contributed by atoms with Gasteiger partial charge < -0.3 is 10.5 Å². The van der Waals surface area contributed by atoms with Crippen LogP contribution in [0.25, 0.3) is 0 Å².